The lowest BCUT2D eigenvalue weighted by Gasteiger charge is -2.31. The number of nitrogens with zero attached hydrogens (tertiary/aromatic N) is 1. The maximum Gasteiger partial charge on any atom is 0.255 e. The number of piperazine rings is 1. The molecule has 1 fully saturated rings. The van der Waals surface area contributed by atoms with E-state index in [0.717, 1.165) is 0 Å². The lowest BCUT2D eigenvalue weighted by Crippen LogP contribution is -2.58. The molecule has 1 unspecified atom stereocenters. The van der Waals surface area contributed by atoms with Gasteiger partial charge in [0.05, 0.1) is 0 Å². The van der Waals surface area contributed by atoms with Gasteiger partial charge in [-0.05, 0) is 37.6 Å². The number of rotatable bonds is 1. The van der Waals surface area contributed by atoms with Crippen LogP contribution in [-0.4, -0.2) is 40.3 Å². The smallest absolute Gasteiger partial charge is 0.255 e. The van der Waals surface area contributed by atoms with Crippen molar-refractivity contribution in [2.45, 2.75) is 19.9 Å². The predicted octanol–water partition coefficient (Wildman–Crippen LogP) is 0.188. The Bertz CT molecular complexity index is 568. The fraction of sp³-hybridized carbons (Fsp3) is 0.308. The predicted molar refractivity (Wildman–Crippen MR) is 66.5 cm³/mol. The van der Waals surface area contributed by atoms with Gasteiger partial charge < -0.3 is 10.0 Å². The number of phenolic OH excluding ortho intramolecular Hbond substituents is 1. The summed E-state index contributed by atoms with van der Waals surface area (Å²) in [5.41, 5.74) is 0.899. The van der Waals surface area contributed by atoms with Crippen LogP contribution in [-0.2, 0) is 9.59 Å². The maximum absolute atomic E-state index is 12.3. The topological polar surface area (TPSA) is 86.7 Å². The van der Waals surface area contributed by atoms with Crippen molar-refractivity contribution in [3.63, 3.8) is 0 Å². The van der Waals surface area contributed by atoms with Gasteiger partial charge in [0.25, 0.3) is 5.91 Å². The van der Waals surface area contributed by atoms with E-state index in [1.54, 1.807) is 13.8 Å². The van der Waals surface area contributed by atoms with E-state index in [1.165, 1.54) is 23.1 Å². The Morgan fingerprint density at radius 2 is 2.11 bits per heavy atom. The summed E-state index contributed by atoms with van der Waals surface area (Å²) in [5, 5.41) is 11.6. The lowest BCUT2D eigenvalue weighted by molar-refractivity contribution is -0.138. The Hall–Kier alpha value is -2.37. The monoisotopic (exact) mass is 262 g/mol. The molecule has 1 saturated heterocycles. The molecule has 2 N–H and O–H groups in total. The minimum Gasteiger partial charge on any atom is -0.508 e. The van der Waals surface area contributed by atoms with E-state index in [0.29, 0.717) is 11.1 Å². The van der Waals surface area contributed by atoms with Crippen LogP contribution >= 0.6 is 0 Å². The SMILES string of the molecule is Cc1cc(C(=O)N2CC(=O)NC(=O)C2C)ccc1O. The molecule has 1 aliphatic rings. The van der Waals surface area contributed by atoms with Gasteiger partial charge in [-0.3, -0.25) is 19.7 Å². The van der Waals surface area contributed by atoms with Gasteiger partial charge in [0.1, 0.15) is 18.3 Å². The van der Waals surface area contributed by atoms with Crippen LogP contribution in [0.15, 0.2) is 18.2 Å². The largest absolute Gasteiger partial charge is 0.508 e. The van der Waals surface area contributed by atoms with Gasteiger partial charge in [-0.1, -0.05) is 0 Å². The first-order chi connectivity index (χ1) is 8.90. The number of benzene rings is 1. The summed E-state index contributed by atoms with van der Waals surface area (Å²) in [6, 6.07) is 3.72. The molecule has 6 nitrogen and oxygen atoms in total. The van der Waals surface area contributed by atoms with Gasteiger partial charge in [-0.2, -0.15) is 0 Å². The van der Waals surface area contributed by atoms with Gasteiger partial charge in [0, 0.05) is 5.56 Å². The van der Waals surface area contributed by atoms with E-state index < -0.39 is 23.8 Å². The fourth-order valence-corrected chi connectivity index (χ4v) is 1.92. The quantitative estimate of drug-likeness (QED) is 0.707. The summed E-state index contributed by atoms with van der Waals surface area (Å²) < 4.78 is 0. The van der Waals surface area contributed by atoms with Crippen molar-refractivity contribution in [2.24, 2.45) is 0 Å². The van der Waals surface area contributed by atoms with Crippen molar-refractivity contribution in [3.8, 4) is 5.75 Å². The zero-order valence-electron chi connectivity index (χ0n) is 10.6. The number of amides is 3. The first kappa shape index (κ1) is 13.1. The van der Waals surface area contributed by atoms with Crippen molar-refractivity contribution in [2.75, 3.05) is 6.54 Å². The molecule has 1 heterocycles. The van der Waals surface area contributed by atoms with E-state index in [2.05, 4.69) is 5.32 Å². The molecule has 0 radical (unpaired) electrons. The fourth-order valence-electron chi connectivity index (χ4n) is 1.92. The zero-order valence-corrected chi connectivity index (χ0v) is 10.6. The molecule has 1 atom stereocenters. The van der Waals surface area contributed by atoms with Crippen LogP contribution in [0.2, 0.25) is 0 Å². The van der Waals surface area contributed by atoms with Crippen LogP contribution < -0.4 is 5.32 Å². The highest BCUT2D eigenvalue weighted by Gasteiger charge is 2.33. The van der Waals surface area contributed by atoms with Crippen LogP contribution in [0.5, 0.6) is 5.75 Å². The van der Waals surface area contributed by atoms with Gasteiger partial charge in [-0.25, -0.2) is 0 Å². The minimum absolute atomic E-state index is 0.0945. The first-order valence-electron chi connectivity index (χ1n) is 5.84. The summed E-state index contributed by atoms with van der Waals surface area (Å²) in [7, 11) is 0. The van der Waals surface area contributed by atoms with Crippen LogP contribution in [0.1, 0.15) is 22.8 Å². The second kappa shape index (κ2) is 4.72. The van der Waals surface area contributed by atoms with E-state index in [1.807, 2.05) is 0 Å². The number of hydrogen-bond acceptors (Lipinski definition) is 4. The van der Waals surface area contributed by atoms with Crippen LogP contribution in [0.3, 0.4) is 0 Å². The van der Waals surface area contributed by atoms with E-state index in [4.69, 9.17) is 0 Å². The molecule has 0 aliphatic carbocycles. The Kier molecular flexibility index (Phi) is 3.25. The van der Waals surface area contributed by atoms with Gasteiger partial charge in [0.15, 0.2) is 0 Å². The molecule has 19 heavy (non-hydrogen) atoms. The molecule has 0 aromatic heterocycles. The van der Waals surface area contributed by atoms with Gasteiger partial charge >= 0.3 is 0 Å². The number of nitrogens with one attached hydrogen (secondary N) is 1. The average Bonchev–Trinajstić information content (AvgIpc) is 2.36. The second-order valence-electron chi connectivity index (χ2n) is 4.52. The Morgan fingerprint density at radius 3 is 2.74 bits per heavy atom. The van der Waals surface area contributed by atoms with Gasteiger partial charge in [-0.15, -0.1) is 0 Å². The summed E-state index contributed by atoms with van der Waals surface area (Å²) in [4.78, 5) is 36.3. The molecule has 0 saturated carbocycles. The normalized spacial score (nSPS) is 19.3. The molecule has 100 valence electrons. The number of imide groups is 1. The van der Waals surface area contributed by atoms with E-state index in [-0.39, 0.29) is 12.3 Å². The number of hydrogen-bond donors (Lipinski definition) is 2. The third kappa shape index (κ3) is 2.42. The summed E-state index contributed by atoms with van der Waals surface area (Å²) in [6.45, 7) is 3.09. The zero-order chi connectivity index (χ0) is 14.2. The molecule has 0 spiro atoms. The molecule has 1 aliphatic heterocycles. The first-order valence-corrected chi connectivity index (χ1v) is 5.84. The molecular formula is C13H14N2O4. The van der Waals surface area contributed by atoms with Crippen LogP contribution in [0.4, 0.5) is 0 Å². The number of aryl methyl sites for hydroxylation is 1. The number of aromatic hydroxyl groups is 1. The average molecular weight is 262 g/mol. The van der Waals surface area contributed by atoms with Crippen molar-refractivity contribution in [1.82, 2.24) is 10.2 Å². The van der Waals surface area contributed by atoms with Crippen molar-refractivity contribution in [1.29, 1.82) is 0 Å². The van der Waals surface area contributed by atoms with Crippen molar-refractivity contribution in [3.05, 3.63) is 29.3 Å². The molecule has 0 bridgehead atoms. The number of carbonyl (C=O) groups excluding carboxylic acids is 3. The molecule has 6 heteroatoms. The Morgan fingerprint density at radius 1 is 1.42 bits per heavy atom. The summed E-state index contributed by atoms with van der Waals surface area (Å²) in [6.07, 6.45) is 0. The maximum atomic E-state index is 12.3. The highest BCUT2D eigenvalue weighted by Crippen LogP contribution is 2.19. The molecule has 1 aromatic rings. The Balaban J connectivity index is 2.29. The Labute approximate surface area is 110 Å². The van der Waals surface area contributed by atoms with Crippen LogP contribution in [0, 0.1) is 6.92 Å². The minimum atomic E-state index is -0.695. The van der Waals surface area contributed by atoms with Gasteiger partial charge in [0.2, 0.25) is 11.8 Å². The van der Waals surface area contributed by atoms with E-state index in [9.17, 15) is 19.5 Å². The summed E-state index contributed by atoms with van der Waals surface area (Å²) in [5.74, 6) is -1.29. The lowest BCUT2D eigenvalue weighted by atomic mass is 10.1. The summed E-state index contributed by atoms with van der Waals surface area (Å²) >= 11 is 0. The third-order valence-corrected chi connectivity index (χ3v) is 3.13. The molecule has 2 rings (SSSR count). The number of carbonyl (C=O) groups is 3. The van der Waals surface area contributed by atoms with E-state index >= 15 is 0 Å². The molecule has 1 aromatic carbocycles. The standard InChI is InChI=1S/C13H14N2O4/c1-7-5-9(3-4-10(7)16)13(19)15-6-11(17)14-12(18)8(15)2/h3-5,8,16H,6H2,1-2H3,(H,14,17,18). The molecular weight excluding hydrogens is 248 g/mol. The van der Waals surface area contributed by atoms with Crippen LogP contribution in [0.25, 0.3) is 0 Å². The molecule has 3 amide bonds. The third-order valence-electron chi connectivity index (χ3n) is 3.13. The van der Waals surface area contributed by atoms with Crippen molar-refractivity contribution >= 4 is 17.7 Å². The highest BCUT2D eigenvalue weighted by atomic mass is 16.3. The second-order valence-corrected chi connectivity index (χ2v) is 4.52. The van der Waals surface area contributed by atoms with Crippen molar-refractivity contribution < 1.29 is 19.5 Å². The highest BCUT2D eigenvalue weighted by molar-refractivity contribution is 6.07. The number of phenols is 1.